The number of nitrogens with zero attached hydrogens (tertiary/aromatic N) is 1. The molecule has 13 heteroatoms. The molecule has 0 fully saturated rings. The van der Waals surface area contributed by atoms with Gasteiger partial charge < -0.3 is 15.4 Å². The topological polar surface area (TPSA) is 71.3 Å². The number of carbonyl (C=O) groups excluding carboxylic acids is 2. The normalized spacial score (nSPS) is 14.4. The number of methoxy groups -OCH3 is 1. The number of aromatic nitrogens is 1. The first kappa shape index (κ1) is 28.9. The molecule has 0 aromatic carbocycles. The van der Waals surface area contributed by atoms with E-state index in [1.165, 1.54) is 7.11 Å². The van der Waals surface area contributed by atoms with Crippen LogP contribution in [0.3, 0.4) is 0 Å². The number of pyridine rings is 1. The molecule has 2 amide bonds. The Hall–Kier alpha value is -2.10. The molecule has 1 atom stereocenters. The number of urea groups is 1. The number of nitrogens with one attached hydrogen (secondary N) is 2. The Kier molecular flexibility index (Phi) is 10.2. The van der Waals surface area contributed by atoms with Crippen LogP contribution in [0.2, 0.25) is 0 Å². The summed E-state index contributed by atoms with van der Waals surface area (Å²) in [6, 6.07) is 4.93. The van der Waals surface area contributed by atoms with Gasteiger partial charge in [0.1, 0.15) is 19.1 Å². The predicted molar refractivity (Wildman–Crippen MR) is 106 cm³/mol. The van der Waals surface area contributed by atoms with Crippen LogP contribution in [0.15, 0.2) is 24.4 Å². The molecule has 1 aromatic heterocycles. The molecule has 0 unspecified atom stereocenters. The number of hydrogen-bond donors (Lipinski definition) is 2. The van der Waals surface area contributed by atoms with Gasteiger partial charge in [-0.2, -0.15) is 0 Å². The van der Waals surface area contributed by atoms with Gasteiger partial charge >= 0.3 is 45.0 Å². The van der Waals surface area contributed by atoms with E-state index in [2.05, 4.69) is 22.1 Å². The molecule has 0 aliphatic rings. The van der Waals surface area contributed by atoms with Crippen LogP contribution < -0.4 is 15.2 Å². The zero-order chi connectivity index (χ0) is 24.4. The maximum absolute atomic E-state index is 12.1. The van der Waals surface area contributed by atoms with Gasteiger partial charge in [0.05, 0.1) is 7.11 Å². The molecule has 0 spiro atoms. The van der Waals surface area contributed by atoms with Crippen molar-refractivity contribution in [3.8, 4) is 0 Å². The standard InChI is InChI=1S/C18H29N3O3.F6P/c1-5-6-10-21-11-8-7-9-15(21)13-19-18(23)20-16(12-14(2)3)17(22)24-4;1-7(2,3,4,5)6/h7-9,11,14,16H,5-6,10,12-13H2,1-4H3,(H-,19,20,23);/q;-1/p+1/t16-;/m0./s1. The third-order valence-electron chi connectivity index (χ3n) is 3.72. The molecule has 2 N–H and O–H groups in total. The number of halogens is 6. The molecule has 31 heavy (non-hydrogen) atoms. The summed E-state index contributed by atoms with van der Waals surface area (Å²) in [6.07, 6.45) is 4.76. The van der Waals surface area contributed by atoms with E-state index < -0.39 is 19.8 Å². The quantitative estimate of drug-likeness (QED) is 0.211. The van der Waals surface area contributed by atoms with E-state index in [-0.39, 0.29) is 11.9 Å². The van der Waals surface area contributed by atoms with Gasteiger partial charge in [0, 0.05) is 18.6 Å². The van der Waals surface area contributed by atoms with E-state index in [0.29, 0.717) is 13.0 Å². The average Bonchev–Trinajstić information content (AvgIpc) is 2.61. The Morgan fingerprint density at radius 3 is 2.19 bits per heavy atom. The number of carbonyl (C=O) groups is 2. The second-order valence-corrected chi connectivity index (χ2v) is 9.15. The molecule has 0 aliphatic heterocycles. The minimum absolute atomic E-state index is 0.278. The fourth-order valence-electron chi connectivity index (χ4n) is 2.43. The van der Waals surface area contributed by atoms with Gasteiger partial charge in [-0.1, -0.05) is 33.3 Å². The van der Waals surface area contributed by atoms with Crippen LogP contribution >= 0.6 is 7.81 Å². The van der Waals surface area contributed by atoms with Crippen LogP contribution in [0.1, 0.15) is 45.7 Å². The van der Waals surface area contributed by atoms with E-state index >= 15 is 0 Å². The van der Waals surface area contributed by atoms with Crippen LogP contribution in [-0.4, -0.2) is 25.2 Å². The van der Waals surface area contributed by atoms with Crippen molar-refractivity contribution < 1.29 is 44.1 Å². The van der Waals surface area contributed by atoms with Crippen molar-refractivity contribution in [2.45, 2.75) is 59.2 Å². The summed E-state index contributed by atoms with van der Waals surface area (Å²) in [5, 5.41) is 5.52. The monoisotopic (exact) mass is 481 g/mol. The van der Waals surface area contributed by atoms with Crippen molar-refractivity contribution in [3.05, 3.63) is 30.1 Å². The number of hydrogen-bond acceptors (Lipinski definition) is 3. The molecule has 0 radical (unpaired) electrons. The van der Waals surface area contributed by atoms with Gasteiger partial charge in [0.25, 0.3) is 0 Å². The first-order valence-electron chi connectivity index (χ1n) is 9.58. The molecule has 1 aromatic rings. The molecule has 1 rings (SSSR count). The van der Waals surface area contributed by atoms with Gasteiger partial charge in [-0.3, -0.25) is 0 Å². The third-order valence-corrected chi connectivity index (χ3v) is 3.72. The zero-order valence-corrected chi connectivity index (χ0v) is 18.8. The molecule has 0 aliphatic carbocycles. The van der Waals surface area contributed by atoms with Gasteiger partial charge in [-0.25, -0.2) is 14.2 Å². The fraction of sp³-hybridized carbons (Fsp3) is 0.611. The van der Waals surface area contributed by atoms with E-state index in [4.69, 9.17) is 4.74 Å². The molecular formula is C18H30F6N3O3P. The summed E-state index contributed by atoms with van der Waals surface area (Å²) >= 11 is 0. The summed E-state index contributed by atoms with van der Waals surface area (Å²) in [4.78, 5) is 23.9. The first-order chi connectivity index (χ1) is 13.9. The summed E-state index contributed by atoms with van der Waals surface area (Å²) in [6.45, 7) is 7.48. The van der Waals surface area contributed by atoms with E-state index in [1.807, 2.05) is 38.2 Å². The number of rotatable bonds is 9. The number of unbranched alkanes of at least 4 members (excludes halogenated alkanes) is 1. The summed E-state index contributed by atoms with van der Waals surface area (Å²) < 4.78 is 66.1. The number of amides is 2. The second-order valence-electron chi connectivity index (χ2n) is 7.23. The third kappa shape index (κ3) is 18.4. The number of aryl methyl sites for hydroxylation is 1. The number of esters is 1. The second kappa shape index (κ2) is 11.0. The summed E-state index contributed by atoms with van der Waals surface area (Å²) in [5.41, 5.74) is 1.03. The fourth-order valence-corrected chi connectivity index (χ4v) is 2.43. The zero-order valence-electron chi connectivity index (χ0n) is 17.9. The van der Waals surface area contributed by atoms with Crippen LogP contribution in [0.25, 0.3) is 0 Å². The summed E-state index contributed by atoms with van der Waals surface area (Å²) in [7, 11) is -9.33. The SMILES string of the molecule is CCCC[n+]1ccccc1CNC(=O)N[C@@H](CC(C)C)C(=O)OC.F[P-](F)(F)(F)(F)F. The molecule has 182 valence electrons. The summed E-state index contributed by atoms with van der Waals surface area (Å²) in [5.74, 6) is -0.142. The van der Waals surface area contributed by atoms with E-state index in [9.17, 15) is 34.8 Å². The van der Waals surface area contributed by atoms with Crippen molar-refractivity contribution in [2.75, 3.05) is 7.11 Å². The van der Waals surface area contributed by atoms with Crippen molar-refractivity contribution in [2.24, 2.45) is 5.92 Å². The van der Waals surface area contributed by atoms with Crippen LogP contribution in [0, 0.1) is 5.92 Å². The van der Waals surface area contributed by atoms with Crippen LogP contribution in [-0.2, 0) is 22.6 Å². The molecular weight excluding hydrogens is 451 g/mol. The van der Waals surface area contributed by atoms with Crippen LogP contribution in [0.4, 0.5) is 30.0 Å². The van der Waals surface area contributed by atoms with E-state index in [0.717, 1.165) is 25.1 Å². The van der Waals surface area contributed by atoms with Crippen molar-refractivity contribution in [3.63, 3.8) is 0 Å². The average molecular weight is 481 g/mol. The molecule has 0 saturated carbocycles. The van der Waals surface area contributed by atoms with E-state index in [1.54, 1.807) is 0 Å². The predicted octanol–water partition coefficient (Wildman–Crippen LogP) is 5.54. The minimum atomic E-state index is -10.7. The number of ether oxygens (including phenoxy) is 1. The molecule has 0 saturated heterocycles. The van der Waals surface area contributed by atoms with Crippen LogP contribution in [0.5, 0.6) is 0 Å². The van der Waals surface area contributed by atoms with Crippen molar-refractivity contribution >= 4 is 19.8 Å². The van der Waals surface area contributed by atoms with Gasteiger partial charge in [0.2, 0.25) is 5.69 Å². The Morgan fingerprint density at radius 1 is 1.13 bits per heavy atom. The van der Waals surface area contributed by atoms with Crippen molar-refractivity contribution in [1.29, 1.82) is 0 Å². The van der Waals surface area contributed by atoms with Crippen molar-refractivity contribution in [1.82, 2.24) is 10.6 Å². The van der Waals surface area contributed by atoms with Gasteiger partial charge in [0.15, 0.2) is 6.20 Å². The van der Waals surface area contributed by atoms with Gasteiger partial charge in [-0.15, -0.1) is 0 Å². The molecule has 6 nitrogen and oxygen atoms in total. The Labute approximate surface area is 177 Å². The first-order valence-corrected chi connectivity index (χ1v) is 11.6. The van der Waals surface area contributed by atoms with Gasteiger partial charge in [-0.05, 0) is 12.3 Å². The Balaban J connectivity index is 0.00000110. The maximum atomic E-state index is 12.1. The molecule has 1 heterocycles. The molecule has 0 bridgehead atoms. The Bertz CT molecular complexity index is 718. The Morgan fingerprint density at radius 2 is 1.71 bits per heavy atom.